The highest BCUT2D eigenvalue weighted by molar-refractivity contribution is 5.85. The van der Waals surface area contributed by atoms with Gasteiger partial charge in [0, 0.05) is 12.8 Å². The highest BCUT2D eigenvalue weighted by atomic mass is 35.5. The first-order chi connectivity index (χ1) is 27.8. The van der Waals surface area contributed by atoms with Gasteiger partial charge in [-0.1, -0.05) is 133 Å². The molecule has 6 aromatic rings. The average Bonchev–Trinajstić information content (AvgIpc) is 3.25. The third kappa shape index (κ3) is 12.7. The Balaban J connectivity index is 0.00000641. The van der Waals surface area contributed by atoms with Crippen molar-refractivity contribution < 1.29 is 38.4 Å². The van der Waals surface area contributed by atoms with Gasteiger partial charge in [-0.15, -0.1) is 12.4 Å². The number of hydrogen-bond donors (Lipinski definition) is 3. The number of ether oxygens (including phenoxy) is 4. The Hall–Kier alpha value is -6.62. The molecule has 0 aliphatic rings. The Morgan fingerprint density at radius 3 is 1.36 bits per heavy atom. The number of carboxylic acid groups (broad SMARTS) is 1. The van der Waals surface area contributed by atoms with Crippen molar-refractivity contribution in [2.75, 3.05) is 0 Å². The largest absolute Gasteiger partial charge is 0.489 e. The number of benzene rings is 6. The fourth-order valence-corrected chi connectivity index (χ4v) is 6.07. The van der Waals surface area contributed by atoms with Gasteiger partial charge in [0.15, 0.2) is 0 Å². The van der Waals surface area contributed by atoms with Crippen LogP contribution in [-0.4, -0.2) is 35.2 Å². The molecular formula is C47H45ClN2O8. The zero-order chi connectivity index (χ0) is 39.8. The van der Waals surface area contributed by atoms with E-state index in [1.807, 2.05) is 152 Å². The molecule has 10 nitrogen and oxygen atoms in total. The predicted octanol–water partition coefficient (Wildman–Crippen LogP) is 8.47. The summed E-state index contributed by atoms with van der Waals surface area (Å²) in [5.74, 6) is -0.767. The van der Waals surface area contributed by atoms with E-state index in [4.69, 9.17) is 24.7 Å². The molecule has 6 rings (SSSR count). The summed E-state index contributed by atoms with van der Waals surface area (Å²) >= 11 is 0. The molecule has 0 saturated heterocycles. The number of esters is 1. The topological polar surface area (TPSA) is 146 Å². The number of alkyl carbamates (subject to hydrolysis) is 1. The minimum atomic E-state index is -1.33. The van der Waals surface area contributed by atoms with Crippen LogP contribution in [0.3, 0.4) is 0 Å². The van der Waals surface area contributed by atoms with Gasteiger partial charge in [0.2, 0.25) is 0 Å². The van der Waals surface area contributed by atoms with Gasteiger partial charge in [-0.25, -0.2) is 9.59 Å². The minimum Gasteiger partial charge on any atom is -0.489 e. The maximum Gasteiger partial charge on any atom is 0.408 e. The summed E-state index contributed by atoms with van der Waals surface area (Å²) in [6.45, 7) is 0.633. The second-order valence-corrected chi connectivity index (χ2v) is 13.4. The molecule has 6 aromatic carbocycles. The number of hydrogen-bond acceptors (Lipinski definition) is 8. The summed E-state index contributed by atoms with van der Waals surface area (Å²) in [4.78, 5) is 38.4. The summed E-state index contributed by atoms with van der Waals surface area (Å²) in [5, 5.41) is 12.7. The lowest BCUT2D eigenvalue weighted by atomic mass is 9.95. The number of halogens is 1. The zero-order valence-corrected chi connectivity index (χ0v) is 32.5. The molecule has 0 saturated carbocycles. The van der Waals surface area contributed by atoms with Crippen LogP contribution in [-0.2, 0) is 58.3 Å². The van der Waals surface area contributed by atoms with E-state index in [2.05, 4.69) is 5.32 Å². The lowest BCUT2D eigenvalue weighted by molar-refractivity contribution is -0.146. The van der Waals surface area contributed by atoms with E-state index in [9.17, 15) is 19.5 Å². The van der Waals surface area contributed by atoms with Crippen LogP contribution in [0.4, 0.5) is 4.79 Å². The van der Waals surface area contributed by atoms with E-state index >= 15 is 0 Å². The summed E-state index contributed by atoms with van der Waals surface area (Å²) in [5.41, 5.74) is 12.7. The molecule has 0 unspecified atom stereocenters. The number of nitrogens with two attached hydrogens (primary N) is 1. The van der Waals surface area contributed by atoms with E-state index in [-0.39, 0.29) is 45.1 Å². The van der Waals surface area contributed by atoms with Crippen LogP contribution in [0.15, 0.2) is 158 Å². The van der Waals surface area contributed by atoms with Crippen LogP contribution in [0.2, 0.25) is 0 Å². The third-order valence-corrected chi connectivity index (χ3v) is 9.12. The number of nitrogens with one attached hydrogen (secondary N) is 1. The van der Waals surface area contributed by atoms with Crippen LogP contribution >= 0.6 is 12.4 Å². The van der Waals surface area contributed by atoms with Crippen LogP contribution in [0.1, 0.15) is 33.4 Å². The molecule has 0 aliphatic carbocycles. The molecule has 0 radical (unpaired) electrons. The molecule has 58 heavy (non-hydrogen) atoms. The van der Waals surface area contributed by atoms with Gasteiger partial charge in [-0.05, 0) is 68.8 Å². The molecule has 298 valence electrons. The molecule has 0 fully saturated rings. The summed E-state index contributed by atoms with van der Waals surface area (Å²) < 4.78 is 23.4. The van der Waals surface area contributed by atoms with Gasteiger partial charge < -0.3 is 35.1 Å². The lowest BCUT2D eigenvalue weighted by Crippen LogP contribution is -2.42. The minimum absolute atomic E-state index is 0. The molecule has 0 aromatic heterocycles. The van der Waals surface area contributed by atoms with Gasteiger partial charge in [-0.2, -0.15) is 0 Å². The summed E-state index contributed by atoms with van der Waals surface area (Å²) in [6.07, 6.45) is -0.826. The number of amides is 1. The Bertz CT molecular complexity index is 2220. The SMILES string of the molecule is Cl.N[C@@H](Cc1cc(-c2ccc(OCc3ccccc3)c(C[C@H](NC(=O)OCc3ccccc3)C(=O)O)c2)ccc1OCc1ccccc1)C(=O)OCc1ccccc1. The Labute approximate surface area is 344 Å². The van der Waals surface area contributed by atoms with Crippen LogP contribution in [0, 0.1) is 0 Å². The Morgan fingerprint density at radius 1 is 0.534 bits per heavy atom. The van der Waals surface area contributed by atoms with Crippen molar-refractivity contribution in [2.24, 2.45) is 5.73 Å². The monoisotopic (exact) mass is 800 g/mol. The molecule has 0 heterocycles. The summed E-state index contributed by atoms with van der Waals surface area (Å²) in [7, 11) is 0. The number of carbonyl (C=O) groups excluding carboxylic acids is 2. The van der Waals surface area contributed by atoms with E-state index < -0.39 is 30.1 Å². The first-order valence-corrected chi connectivity index (χ1v) is 18.6. The number of aliphatic carboxylic acids is 1. The highest BCUT2D eigenvalue weighted by Gasteiger charge is 2.24. The van der Waals surface area contributed by atoms with E-state index in [1.165, 1.54) is 0 Å². The van der Waals surface area contributed by atoms with Crippen molar-refractivity contribution in [3.05, 3.63) is 191 Å². The number of carbonyl (C=O) groups is 3. The fraction of sp³-hybridized carbons (Fsp3) is 0.170. The van der Waals surface area contributed by atoms with E-state index in [0.29, 0.717) is 29.2 Å². The van der Waals surface area contributed by atoms with Gasteiger partial charge in [0.1, 0.15) is 50.0 Å². The zero-order valence-electron chi connectivity index (χ0n) is 31.7. The van der Waals surface area contributed by atoms with Crippen LogP contribution in [0.5, 0.6) is 11.5 Å². The van der Waals surface area contributed by atoms with E-state index in [1.54, 1.807) is 6.07 Å². The normalized spacial score (nSPS) is 11.6. The van der Waals surface area contributed by atoms with Gasteiger partial charge in [0.25, 0.3) is 0 Å². The molecule has 1 amide bonds. The quantitative estimate of drug-likeness (QED) is 0.0729. The third-order valence-electron chi connectivity index (χ3n) is 9.12. The van der Waals surface area contributed by atoms with Crippen molar-refractivity contribution in [1.82, 2.24) is 5.32 Å². The van der Waals surface area contributed by atoms with E-state index in [0.717, 1.165) is 33.4 Å². The maximum atomic E-state index is 13.1. The lowest BCUT2D eigenvalue weighted by Gasteiger charge is -2.19. The van der Waals surface area contributed by atoms with Gasteiger partial charge in [0.05, 0.1) is 0 Å². The number of rotatable bonds is 18. The molecule has 4 N–H and O–H groups in total. The molecule has 0 bridgehead atoms. The van der Waals surface area contributed by atoms with Crippen molar-refractivity contribution >= 4 is 30.4 Å². The van der Waals surface area contributed by atoms with Gasteiger partial charge >= 0.3 is 18.0 Å². The van der Waals surface area contributed by atoms with Crippen molar-refractivity contribution in [3.63, 3.8) is 0 Å². The van der Waals surface area contributed by atoms with Crippen molar-refractivity contribution in [3.8, 4) is 22.6 Å². The number of carboxylic acids is 1. The fourth-order valence-electron chi connectivity index (χ4n) is 6.07. The van der Waals surface area contributed by atoms with Crippen molar-refractivity contribution in [1.29, 1.82) is 0 Å². The first kappa shape index (κ1) is 42.5. The molecule has 2 atom stereocenters. The van der Waals surface area contributed by atoms with Crippen molar-refractivity contribution in [2.45, 2.75) is 51.4 Å². The standard InChI is InChI=1S/C47H44N2O8.ClH/c48-41(46(52)56-31-35-17-9-3-10-18-35)27-39-25-37(21-23-43(39)54-29-33-13-5-1-6-14-33)38-22-24-44(55-30-34-15-7-2-8-16-34)40(26-38)28-42(45(50)51)49-47(53)57-32-36-19-11-4-12-20-36;/h1-26,41-42H,27-32,48H2,(H,49,53)(H,50,51);1H/t41-,42-;/m0./s1. The first-order valence-electron chi connectivity index (χ1n) is 18.6. The summed E-state index contributed by atoms with van der Waals surface area (Å²) in [6, 6.07) is 46.6. The molecule has 0 spiro atoms. The second-order valence-electron chi connectivity index (χ2n) is 13.4. The molecular weight excluding hydrogens is 756 g/mol. The average molecular weight is 801 g/mol. The van der Waals surface area contributed by atoms with Crippen LogP contribution < -0.4 is 20.5 Å². The molecule has 11 heteroatoms. The highest BCUT2D eigenvalue weighted by Crippen LogP contribution is 2.32. The molecule has 0 aliphatic heterocycles. The Kier molecular flexibility index (Phi) is 15.8. The smallest absolute Gasteiger partial charge is 0.408 e. The predicted molar refractivity (Wildman–Crippen MR) is 223 cm³/mol. The van der Waals surface area contributed by atoms with Gasteiger partial charge in [-0.3, -0.25) is 4.79 Å². The second kappa shape index (κ2) is 21.6. The van der Waals surface area contributed by atoms with Crippen LogP contribution in [0.25, 0.3) is 11.1 Å². The maximum absolute atomic E-state index is 13.1. The Morgan fingerprint density at radius 2 is 0.931 bits per heavy atom.